The summed E-state index contributed by atoms with van der Waals surface area (Å²) in [6, 6.07) is 8.32. The Balaban J connectivity index is 2.41. The number of rotatable bonds is 3. The molecule has 2 N–H and O–H groups in total. The number of aromatic nitrogens is 1. The lowest BCUT2D eigenvalue weighted by atomic mass is 10.2. The normalized spacial score (nSPS) is 11.4. The van der Waals surface area contributed by atoms with Crippen LogP contribution in [0.2, 0.25) is 0 Å². The fraction of sp³-hybridized carbons (Fsp3) is 0.154. The number of hydrogen-bond donors (Lipinski definition) is 1. The molecule has 4 nitrogen and oxygen atoms in total. The fourth-order valence-electron chi connectivity index (χ4n) is 1.74. The number of nitrogens with two attached hydrogens (primary N) is 1. The van der Waals surface area contributed by atoms with Crippen LogP contribution in [0.25, 0.3) is 0 Å². The van der Waals surface area contributed by atoms with E-state index in [0.717, 1.165) is 0 Å². The molecule has 0 aliphatic rings. The van der Waals surface area contributed by atoms with Crippen molar-refractivity contribution in [2.75, 3.05) is 5.73 Å². The number of pyridine rings is 1. The topological polar surface area (TPSA) is 73.1 Å². The van der Waals surface area contributed by atoms with E-state index < -0.39 is 9.84 Å². The third-order valence-electron chi connectivity index (χ3n) is 2.77. The van der Waals surface area contributed by atoms with Gasteiger partial charge in [-0.1, -0.05) is 6.07 Å². The third-order valence-corrected chi connectivity index (χ3v) is 4.59. The molecule has 0 fully saturated rings. The van der Waals surface area contributed by atoms with E-state index in [1.54, 1.807) is 49.6 Å². The predicted molar refractivity (Wildman–Crippen MR) is 70.7 cm³/mol. The summed E-state index contributed by atoms with van der Waals surface area (Å²) in [5.41, 5.74) is 7.55. The first-order valence-electron chi connectivity index (χ1n) is 5.47. The van der Waals surface area contributed by atoms with Crippen molar-refractivity contribution in [1.29, 1.82) is 0 Å². The van der Waals surface area contributed by atoms with E-state index in [9.17, 15) is 8.42 Å². The van der Waals surface area contributed by atoms with Gasteiger partial charge < -0.3 is 5.73 Å². The Morgan fingerprint density at radius 3 is 2.50 bits per heavy atom. The third kappa shape index (κ3) is 2.51. The second kappa shape index (κ2) is 4.78. The van der Waals surface area contributed by atoms with Crippen LogP contribution < -0.4 is 5.73 Å². The van der Waals surface area contributed by atoms with Gasteiger partial charge in [-0.3, -0.25) is 4.98 Å². The summed E-state index contributed by atoms with van der Waals surface area (Å²) in [5, 5.41) is 0. The van der Waals surface area contributed by atoms with E-state index in [-0.39, 0.29) is 5.75 Å². The van der Waals surface area contributed by atoms with E-state index >= 15 is 0 Å². The minimum Gasteiger partial charge on any atom is -0.398 e. The van der Waals surface area contributed by atoms with E-state index in [1.807, 2.05) is 0 Å². The van der Waals surface area contributed by atoms with Crippen molar-refractivity contribution in [2.45, 2.75) is 17.6 Å². The van der Waals surface area contributed by atoms with Gasteiger partial charge in [0.1, 0.15) is 0 Å². The molecular weight excluding hydrogens is 248 g/mol. The van der Waals surface area contributed by atoms with Gasteiger partial charge in [-0.15, -0.1) is 0 Å². The Hall–Kier alpha value is -1.88. The van der Waals surface area contributed by atoms with Crippen LogP contribution in [-0.4, -0.2) is 13.4 Å². The number of nitrogens with zero attached hydrogens (tertiary/aromatic N) is 1. The maximum absolute atomic E-state index is 12.3. The zero-order valence-corrected chi connectivity index (χ0v) is 10.8. The molecule has 94 valence electrons. The smallest absolute Gasteiger partial charge is 0.182 e. The van der Waals surface area contributed by atoms with Gasteiger partial charge in [-0.25, -0.2) is 8.42 Å². The highest BCUT2D eigenvalue weighted by Gasteiger charge is 2.18. The summed E-state index contributed by atoms with van der Waals surface area (Å²) < 4.78 is 24.6. The van der Waals surface area contributed by atoms with Crippen LogP contribution >= 0.6 is 0 Å². The molecule has 18 heavy (non-hydrogen) atoms. The molecule has 5 heteroatoms. The summed E-state index contributed by atoms with van der Waals surface area (Å²) in [5.74, 6) is -0.0419. The van der Waals surface area contributed by atoms with Gasteiger partial charge in [0.15, 0.2) is 9.84 Å². The minimum absolute atomic E-state index is 0.0419. The van der Waals surface area contributed by atoms with Gasteiger partial charge >= 0.3 is 0 Å². The summed E-state index contributed by atoms with van der Waals surface area (Å²) >= 11 is 0. The van der Waals surface area contributed by atoms with E-state index in [2.05, 4.69) is 4.98 Å². The number of hydrogen-bond acceptors (Lipinski definition) is 4. The maximum atomic E-state index is 12.3. The molecule has 0 aliphatic carbocycles. The first kappa shape index (κ1) is 12.6. The average Bonchev–Trinajstić information content (AvgIpc) is 2.33. The van der Waals surface area contributed by atoms with Crippen molar-refractivity contribution in [2.24, 2.45) is 0 Å². The number of nitrogen functional groups attached to an aromatic ring is 1. The van der Waals surface area contributed by atoms with Crippen LogP contribution in [0.5, 0.6) is 0 Å². The molecular formula is C13H14N2O2S. The van der Waals surface area contributed by atoms with Crippen molar-refractivity contribution in [1.82, 2.24) is 4.98 Å². The SMILES string of the molecule is Cc1c(N)cccc1S(=O)(=O)Cc1ccncc1. The molecule has 0 bridgehead atoms. The van der Waals surface area contributed by atoms with E-state index in [1.165, 1.54) is 0 Å². The summed E-state index contributed by atoms with van der Waals surface area (Å²) in [7, 11) is -3.37. The lowest BCUT2D eigenvalue weighted by molar-refractivity contribution is 0.594. The summed E-state index contributed by atoms with van der Waals surface area (Å²) in [6.45, 7) is 1.72. The van der Waals surface area contributed by atoms with Gasteiger partial charge in [-0.2, -0.15) is 0 Å². The lowest BCUT2D eigenvalue weighted by Gasteiger charge is -2.09. The number of anilines is 1. The zero-order valence-electron chi connectivity index (χ0n) is 10.00. The van der Waals surface area contributed by atoms with Crippen molar-refractivity contribution in [3.8, 4) is 0 Å². The van der Waals surface area contributed by atoms with Crippen LogP contribution in [0.15, 0.2) is 47.6 Å². The highest BCUT2D eigenvalue weighted by atomic mass is 32.2. The Bertz CT molecular complexity index is 652. The van der Waals surface area contributed by atoms with Crippen LogP contribution in [0.1, 0.15) is 11.1 Å². The van der Waals surface area contributed by atoms with Gasteiger partial charge in [0, 0.05) is 18.1 Å². The van der Waals surface area contributed by atoms with Gasteiger partial charge in [0.2, 0.25) is 0 Å². The highest BCUT2D eigenvalue weighted by molar-refractivity contribution is 7.90. The lowest BCUT2D eigenvalue weighted by Crippen LogP contribution is -2.08. The van der Waals surface area contributed by atoms with Crippen LogP contribution in [0, 0.1) is 6.92 Å². The quantitative estimate of drug-likeness (QED) is 0.858. The molecule has 1 aromatic carbocycles. The highest BCUT2D eigenvalue weighted by Crippen LogP contribution is 2.23. The monoisotopic (exact) mass is 262 g/mol. The Labute approximate surface area is 106 Å². The molecule has 0 saturated heterocycles. The standard InChI is InChI=1S/C13H14N2O2S/c1-10-12(14)3-2-4-13(10)18(16,17)9-11-5-7-15-8-6-11/h2-8H,9,14H2,1H3. The predicted octanol–water partition coefficient (Wildman–Crippen LogP) is 1.95. The number of sulfone groups is 1. The largest absolute Gasteiger partial charge is 0.398 e. The van der Waals surface area contributed by atoms with Crippen LogP contribution in [0.3, 0.4) is 0 Å². The van der Waals surface area contributed by atoms with Gasteiger partial charge in [0.25, 0.3) is 0 Å². The van der Waals surface area contributed by atoms with Crippen LogP contribution in [-0.2, 0) is 15.6 Å². The fourth-order valence-corrected chi connectivity index (χ4v) is 3.40. The molecule has 2 aromatic rings. The van der Waals surface area contributed by atoms with Crippen molar-refractivity contribution in [3.63, 3.8) is 0 Å². The Morgan fingerprint density at radius 1 is 1.17 bits per heavy atom. The van der Waals surface area contributed by atoms with Crippen molar-refractivity contribution >= 4 is 15.5 Å². The summed E-state index contributed by atoms with van der Waals surface area (Å²) in [6.07, 6.45) is 3.16. The minimum atomic E-state index is -3.37. The Kier molecular flexibility index (Phi) is 3.34. The van der Waals surface area contributed by atoms with Crippen molar-refractivity contribution < 1.29 is 8.42 Å². The molecule has 1 aromatic heterocycles. The van der Waals surface area contributed by atoms with Gasteiger partial charge in [-0.05, 0) is 42.3 Å². The molecule has 0 atom stereocenters. The second-order valence-electron chi connectivity index (χ2n) is 4.08. The first-order chi connectivity index (χ1) is 8.50. The van der Waals surface area contributed by atoms with Gasteiger partial charge in [0.05, 0.1) is 10.6 Å². The molecule has 2 rings (SSSR count). The zero-order chi connectivity index (χ0) is 13.2. The molecule has 0 saturated carbocycles. The average molecular weight is 262 g/mol. The van der Waals surface area contributed by atoms with Crippen molar-refractivity contribution in [3.05, 3.63) is 53.9 Å². The van der Waals surface area contributed by atoms with E-state index in [4.69, 9.17) is 5.73 Å². The molecule has 0 spiro atoms. The molecule has 0 amide bonds. The maximum Gasteiger partial charge on any atom is 0.182 e. The molecule has 0 aliphatic heterocycles. The second-order valence-corrected chi connectivity index (χ2v) is 6.04. The van der Waals surface area contributed by atoms with E-state index in [0.29, 0.717) is 21.7 Å². The summed E-state index contributed by atoms with van der Waals surface area (Å²) in [4.78, 5) is 4.16. The first-order valence-corrected chi connectivity index (χ1v) is 7.13. The Morgan fingerprint density at radius 2 is 1.83 bits per heavy atom. The molecule has 1 heterocycles. The molecule has 0 radical (unpaired) electrons. The molecule has 0 unspecified atom stereocenters. The number of benzene rings is 1. The van der Waals surface area contributed by atoms with Crippen LogP contribution in [0.4, 0.5) is 5.69 Å².